The van der Waals surface area contributed by atoms with Crippen LogP contribution in [-0.4, -0.2) is 6.41 Å². The summed E-state index contributed by atoms with van der Waals surface area (Å²) in [5.74, 6) is 0.506. The van der Waals surface area contributed by atoms with Gasteiger partial charge in [-0.1, -0.05) is 32.0 Å². The summed E-state index contributed by atoms with van der Waals surface area (Å²) >= 11 is 0. The predicted octanol–water partition coefficient (Wildman–Crippen LogP) is 3.10. The van der Waals surface area contributed by atoms with Gasteiger partial charge in [-0.15, -0.1) is 0 Å². The third-order valence-electron chi connectivity index (χ3n) is 3.02. The highest BCUT2D eigenvalue weighted by molar-refractivity contribution is 5.50. The van der Waals surface area contributed by atoms with Crippen molar-refractivity contribution >= 4 is 6.41 Å². The normalized spacial score (nSPS) is 11.6. The van der Waals surface area contributed by atoms with E-state index in [1.807, 2.05) is 13.8 Å². The van der Waals surface area contributed by atoms with E-state index < -0.39 is 0 Å². The zero-order chi connectivity index (χ0) is 12.3. The highest BCUT2D eigenvalue weighted by Gasteiger charge is 2.21. The maximum atomic E-state index is 10.6. The van der Waals surface area contributed by atoms with Crippen LogP contribution in [0.2, 0.25) is 0 Å². The van der Waals surface area contributed by atoms with Gasteiger partial charge in [-0.3, -0.25) is 4.79 Å². The van der Waals surface area contributed by atoms with Crippen LogP contribution in [0.4, 0.5) is 0 Å². The summed E-state index contributed by atoms with van der Waals surface area (Å²) in [6.07, 6.45) is 0.765. The molecule has 0 aromatic heterocycles. The molecule has 0 radical (unpaired) electrons. The summed E-state index contributed by atoms with van der Waals surface area (Å²) in [5, 5.41) is 2.86. The Hall–Kier alpha value is -1.31. The molecule has 0 aliphatic rings. The topological polar surface area (TPSA) is 29.1 Å². The van der Waals surface area contributed by atoms with E-state index in [2.05, 4.69) is 44.3 Å². The highest BCUT2D eigenvalue weighted by Crippen LogP contribution is 2.27. The fourth-order valence-corrected chi connectivity index (χ4v) is 1.90. The molecule has 1 amide bonds. The van der Waals surface area contributed by atoms with E-state index in [1.165, 1.54) is 16.7 Å². The minimum Gasteiger partial charge on any atom is -0.350 e. The molecule has 0 fully saturated rings. The monoisotopic (exact) mass is 219 g/mol. The van der Waals surface area contributed by atoms with Gasteiger partial charge in [0.05, 0.1) is 5.54 Å². The quantitative estimate of drug-likeness (QED) is 0.775. The number of hydrogen-bond acceptors (Lipinski definition) is 1. The van der Waals surface area contributed by atoms with Gasteiger partial charge < -0.3 is 5.32 Å². The Bertz CT molecular complexity index is 380. The van der Waals surface area contributed by atoms with Gasteiger partial charge in [0.15, 0.2) is 0 Å². The molecule has 2 nitrogen and oxygen atoms in total. The molecular weight excluding hydrogens is 198 g/mol. The molecule has 0 bridgehead atoms. The Kier molecular flexibility index (Phi) is 3.74. The van der Waals surface area contributed by atoms with Crippen LogP contribution in [-0.2, 0) is 10.3 Å². The second kappa shape index (κ2) is 4.69. The number of benzene rings is 1. The van der Waals surface area contributed by atoms with Gasteiger partial charge in [0.1, 0.15) is 0 Å². The van der Waals surface area contributed by atoms with Gasteiger partial charge >= 0.3 is 0 Å². The SMILES string of the molecule is Cc1ccc(C(C)C)cc1C(C)(C)NC=O. The van der Waals surface area contributed by atoms with Crippen LogP contribution in [0.15, 0.2) is 18.2 Å². The van der Waals surface area contributed by atoms with Gasteiger partial charge in [0, 0.05) is 0 Å². The van der Waals surface area contributed by atoms with Crippen molar-refractivity contribution in [3.8, 4) is 0 Å². The van der Waals surface area contributed by atoms with Gasteiger partial charge in [0.2, 0.25) is 6.41 Å². The number of carbonyl (C=O) groups is 1. The van der Waals surface area contributed by atoms with Crippen molar-refractivity contribution in [2.45, 2.75) is 46.1 Å². The first-order chi connectivity index (χ1) is 7.38. The van der Waals surface area contributed by atoms with Crippen LogP contribution >= 0.6 is 0 Å². The number of hydrogen-bond donors (Lipinski definition) is 1. The Morgan fingerprint density at radius 2 is 1.94 bits per heavy atom. The first-order valence-electron chi connectivity index (χ1n) is 5.71. The average molecular weight is 219 g/mol. The predicted molar refractivity (Wildman–Crippen MR) is 67.5 cm³/mol. The molecule has 0 heterocycles. The van der Waals surface area contributed by atoms with Crippen molar-refractivity contribution in [2.24, 2.45) is 0 Å². The summed E-state index contributed by atoms with van der Waals surface area (Å²) in [7, 11) is 0. The Morgan fingerprint density at radius 1 is 1.31 bits per heavy atom. The lowest BCUT2D eigenvalue weighted by molar-refractivity contribution is -0.111. The van der Waals surface area contributed by atoms with Crippen LogP contribution < -0.4 is 5.32 Å². The van der Waals surface area contributed by atoms with Crippen LogP contribution in [0.1, 0.15) is 50.3 Å². The Balaban J connectivity index is 3.20. The smallest absolute Gasteiger partial charge is 0.207 e. The average Bonchev–Trinajstić information content (AvgIpc) is 2.17. The van der Waals surface area contributed by atoms with Crippen LogP contribution in [0.3, 0.4) is 0 Å². The largest absolute Gasteiger partial charge is 0.350 e. The molecule has 1 rings (SSSR count). The Morgan fingerprint density at radius 3 is 2.44 bits per heavy atom. The minimum absolute atomic E-state index is 0.309. The summed E-state index contributed by atoms with van der Waals surface area (Å²) in [6.45, 7) is 10.5. The van der Waals surface area contributed by atoms with Crippen molar-refractivity contribution in [1.82, 2.24) is 5.32 Å². The van der Waals surface area contributed by atoms with Crippen LogP contribution in [0.25, 0.3) is 0 Å². The lowest BCUT2D eigenvalue weighted by Gasteiger charge is -2.27. The minimum atomic E-state index is -0.309. The van der Waals surface area contributed by atoms with Crippen molar-refractivity contribution in [3.63, 3.8) is 0 Å². The second-order valence-corrected chi connectivity index (χ2v) is 5.12. The molecule has 0 atom stereocenters. The molecule has 0 saturated heterocycles. The van der Waals surface area contributed by atoms with Gasteiger partial charge in [-0.25, -0.2) is 0 Å². The number of rotatable bonds is 4. The first-order valence-corrected chi connectivity index (χ1v) is 5.71. The lowest BCUT2D eigenvalue weighted by atomic mass is 9.87. The third-order valence-corrected chi connectivity index (χ3v) is 3.02. The van der Waals surface area contributed by atoms with Gasteiger partial charge in [-0.05, 0) is 43.4 Å². The fourth-order valence-electron chi connectivity index (χ4n) is 1.90. The molecule has 2 heteroatoms. The van der Waals surface area contributed by atoms with E-state index in [9.17, 15) is 4.79 Å². The maximum Gasteiger partial charge on any atom is 0.207 e. The van der Waals surface area contributed by atoms with Crippen molar-refractivity contribution < 1.29 is 4.79 Å². The summed E-state index contributed by atoms with van der Waals surface area (Å²) in [6, 6.07) is 6.47. The molecule has 0 spiro atoms. The van der Waals surface area contributed by atoms with E-state index in [-0.39, 0.29) is 5.54 Å². The number of nitrogens with one attached hydrogen (secondary N) is 1. The summed E-state index contributed by atoms with van der Waals surface area (Å²) in [5.41, 5.74) is 3.40. The Labute approximate surface area is 98.1 Å². The third kappa shape index (κ3) is 2.63. The van der Waals surface area contributed by atoms with E-state index in [0.29, 0.717) is 5.92 Å². The highest BCUT2D eigenvalue weighted by atomic mass is 16.1. The molecule has 0 unspecified atom stereocenters. The zero-order valence-corrected chi connectivity index (χ0v) is 10.8. The van der Waals surface area contributed by atoms with Gasteiger partial charge in [-0.2, -0.15) is 0 Å². The van der Waals surface area contributed by atoms with Gasteiger partial charge in [0.25, 0.3) is 0 Å². The summed E-state index contributed by atoms with van der Waals surface area (Å²) in [4.78, 5) is 10.6. The van der Waals surface area contributed by atoms with E-state index >= 15 is 0 Å². The molecule has 1 aromatic rings. The van der Waals surface area contributed by atoms with Crippen molar-refractivity contribution in [1.29, 1.82) is 0 Å². The standard InChI is InChI=1S/C14H21NO/c1-10(2)12-7-6-11(3)13(8-12)14(4,5)15-9-16/h6-10H,1-5H3,(H,15,16). The van der Waals surface area contributed by atoms with Crippen molar-refractivity contribution in [3.05, 3.63) is 34.9 Å². The molecule has 88 valence electrons. The first kappa shape index (κ1) is 12.8. The zero-order valence-electron chi connectivity index (χ0n) is 10.8. The van der Waals surface area contributed by atoms with E-state index in [0.717, 1.165) is 6.41 Å². The molecule has 0 aliphatic carbocycles. The number of carbonyl (C=O) groups excluding carboxylic acids is 1. The van der Waals surface area contributed by atoms with Crippen molar-refractivity contribution in [2.75, 3.05) is 0 Å². The van der Waals surface area contributed by atoms with E-state index in [4.69, 9.17) is 0 Å². The molecule has 1 aromatic carbocycles. The lowest BCUT2D eigenvalue weighted by Crippen LogP contribution is -2.36. The second-order valence-electron chi connectivity index (χ2n) is 5.12. The maximum absolute atomic E-state index is 10.6. The molecule has 1 N–H and O–H groups in total. The molecule has 0 saturated carbocycles. The molecular formula is C14H21NO. The number of amides is 1. The number of aryl methyl sites for hydroxylation is 1. The van der Waals surface area contributed by atoms with Crippen LogP contribution in [0, 0.1) is 6.92 Å². The molecule has 0 aliphatic heterocycles. The molecule has 16 heavy (non-hydrogen) atoms. The van der Waals surface area contributed by atoms with Crippen LogP contribution in [0.5, 0.6) is 0 Å². The summed E-state index contributed by atoms with van der Waals surface area (Å²) < 4.78 is 0. The van der Waals surface area contributed by atoms with E-state index in [1.54, 1.807) is 0 Å². The fraction of sp³-hybridized carbons (Fsp3) is 0.500.